The molecule has 2 aliphatic rings. The Bertz CT molecular complexity index is 584. The number of aliphatic imine (C=N–C) groups is 1. The summed E-state index contributed by atoms with van der Waals surface area (Å²) in [4.78, 5) is 16.5. The zero-order valence-corrected chi connectivity index (χ0v) is 12.2. The fourth-order valence-electron chi connectivity index (χ4n) is 2.33. The zero-order valence-electron chi connectivity index (χ0n) is 12.2. The number of carbonyl (C=O) groups excluding carboxylic acids is 1. The number of rotatable bonds is 2. The molecule has 6 nitrogen and oxygen atoms in total. The monoisotopic (exact) mass is 289 g/mol. The molecule has 1 unspecified atom stereocenters. The molecule has 0 saturated heterocycles. The Hall–Kier alpha value is -2.24. The van der Waals surface area contributed by atoms with E-state index in [0.29, 0.717) is 24.9 Å². The van der Waals surface area contributed by atoms with Crippen molar-refractivity contribution in [2.24, 2.45) is 4.99 Å². The van der Waals surface area contributed by atoms with E-state index in [1.54, 1.807) is 0 Å². The van der Waals surface area contributed by atoms with Gasteiger partial charge in [0, 0.05) is 12.5 Å². The predicted octanol–water partition coefficient (Wildman–Crippen LogP) is 1.37. The second kappa shape index (κ2) is 5.63. The number of benzene rings is 1. The van der Waals surface area contributed by atoms with Crippen LogP contribution in [-0.4, -0.2) is 31.1 Å². The number of nitrogens with one attached hydrogen (secondary N) is 2. The molecule has 3 rings (SSSR count). The first-order valence-corrected chi connectivity index (χ1v) is 7.18. The Morgan fingerprint density at radius 3 is 2.81 bits per heavy atom. The first-order chi connectivity index (χ1) is 10.1. The van der Waals surface area contributed by atoms with Crippen molar-refractivity contribution in [3.05, 3.63) is 23.8 Å². The molecule has 21 heavy (non-hydrogen) atoms. The molecule has 2 aliphatic heterocycles. The van der Waals surface area contributed by atoms with Crippen LogP contribution in [0.3, 0.4) is 0 Å². The number of nitrogens with zero attached hydrogens (tertiary/aromatic N) is 1. The van der Waals surface area contributed by atoms with Crippen LogP contribution >= 0.6 is 0 Å². The highest BCUT2D eigenvalue weighted by atomic mass is 16.5. The molecule has 6 heteroatoms. The average molecular weight is 289 g/mol. The highest BCUT2D eigenvalue weighted by molar-refractivity contribution is 6.05. The van der Waals surface area contributed by atoms with Gasteiger partial charge >= 0.3 is 0 Å². The molecule has 1 aromatic rings. The van der Waals surface area contributed by atoms with E-state index in [2.05, 4.69) is 15.6 Å². The van der Waals surface area contributed by atoms with Crippen molar-refractivity contribution < 1.29 is 14.3 Å². The SMILES string of the molecule is CC(C)NC1=NC(c2ccc3c(c2)OCCCO3)C(=O)N1. The highest BCUT2D eigenvalue weighted by Gasteiger charge is 2.29. The van der Waals surface area contributed by atoms with Gasteiger partial charge in [0.25, 0.3) is 5.91 Å². The molecule has 112 valence electrons. The molecule has 0 saturated carbocycles. The van der Waals surface area contributed by atoms with Crippen molar-refractivity contribution in [2.75, 3.05) is 13.2 Å². The van der Waals surface area contributed by atoms with Gasteiger partial charge in [-0.1, -0.05) is 6.07 Å². The Labute approximate surface area is 123 Å². The van der Waals surface area contributed by atoms with Gasteiger partial charge in [0.05, 0.1) is 13.2 Å². The van der Waals surface area contributed by atoms with Crippen molar-refractivity contribution >= 4 is 11.9 Å². The summed E-state index contributed by atoms with van der Waals surface area (Å²) in [5, 5.41) is 5.86. The van der Waals surface area contributed by atoms with Crippen LogP contribution in [0.15, 0.2) is 23.2 Å². The van der Waals surface area contributed by atoms with E-state index in [-0.39, 0.29) is 11.9 Å². The van der Waals surface area contributed by atoms with Gasteiger partial charge in [0.2, 0.25) is 0 Å². The third kappa shape index (κ3) is 2.94. The summed E-state index contributed by atoms with van der Waals surface area (Å²) in [5.74, 6) is 1.79. The first-order valence-electron chi connectivity index (χ1n) is 7.18. The van der Waals surface area contributed by atoms with Crippen LogP contribution in [0.5, 0.6) is 11.5 Å². The van der Waals surface area contributed by atoms with Gasteiger partial charge in [-0.3, -0.25) is 10.1 Å². The van der Waals surface area contributed by atoms with E-state index >= 15 is 0 Å². The van der Waals surface area contributed by atoms with E-state index in [0.717, 1.165) is 17.7 Å². The molecule has 0 bridgehead atoms. The number of ether oxygens (including phenoxy) is 2. The lowest BCUT2D eigenvalue weighted by Crippen LogP contribution is -2.40. The maximum absolute atomic E-state index is 12.1. The fraction of sp³-hybridized carbons (Fsp3) is 0.467. The van der Waals surface area contributed by atoms with Gasteiger partial charge in [-0.15, -0.1) is 0 Å². The molecule has 0 aromatic heterocycles. The Balaban J connectivity index is 1.85. The van der Waals surface area contributed by atoms with Crippen LogP contribution < -0.4 is 20.1 Å². The van der Waals surface area contributed by atoms with Crippen LogP contribution in [0.1, 0.15) is 31.9 Å². The maximum Gasteiger partial charge on any atom is 0.256 e. The number of carbonyl (C=O) groups is 1. The lowest BCUT2D eigenvalue weighted by molar-refractivity contribution is -0.120. The van der Waals surface area contributed by atoms with Crippen LogP contribution in [0.4, 0.5) is 0 Å². The minimum absolute atomic E-state index is 0.132. The van der Waals surface area contributed by atoms with Crippen LogP contribution in [0, 0.1) is 0 Å². The summed E-state index contributed by atoms with van der Waals surface area (Å²) >= 11 is 0. The average Bonchev–Trinajstić information content (AvgIpc) is 2.67. The summed E-state index contributed by atoms with van der Waals surface area (Å²) in [5.41, 5.74) is 0.803. The largest absolute Gasteiger partial charge is 0.490 e. The molecule has 0 aliphatic carbocycles. The Morgan fingerprint density at radius 2 is 2.05 bits per heavy atom. The lowest BCUT2D eigenvalue weighted by atomic mass is 10.1. The summed E-state index contributed by atoms with van der Waals surface area (Å²) in [6.07, 6.45) is 0.856. The third-order valence-corrected chi connectivity index (χ3v) is 3.26. The standard InChI is InChI=1S/C15H19N3O3/c1-9(2)16-15-17-13(14(19)18-15)10-4-5-11-12(8-10)21-7-3-6-20-11/h4-5,8-9,13H,3,6-7H2,1-2H3,(H2,16,17,18,19). The second-order valence-electron chi connectivity index (χ2n) is 5.43. The van der Waals surface area contributed by atoms with Crippen molar-refractivity contribution in [1.82, 2.24) is 10.6 Å². The zero-order chi connectivity index (χ0) is 14.8. The van der Waals surface area contributed by atoms with Crippen LogP contribution in [0.2, 0.25) is 0 Å². The molecule has 2 N–H and O–H groups in total. The Kier molecular flexibility index (Phi) is 3.68. The van der Waals surface area contributed by atoms with Gasteiger partial charge in [-0.2, -0.15) is 0 Å². The van der Waals surface area contributed by atoms with Crippen molar-refractivity contribution in [3.63, 3.8) is 0 Å². The van der Waals surface area contributed by atoms with Crippen LogP contribution in [0.25, 0.3) is 0 Å². The highest BCUT2D eigenvalue weighted by Crippen LogP contribution is 2.34. The fourth-order valence-corrected chi connectivity index (χ4v) is 2.33. The maximum atomic E-state index is 12.1. The molecular weight excluding hydrogens is 270 g/mol. The Morgan fingerprint density at radius 1 is 1.29 bits per heavy atom. The molecular formula is C15H19N3O3. The summed E-state index contributed by atoms with van der Waals surface area (Å²) < 4.78 is 11.2. The topological polar surface area (TPSA) is 72.0 Å². The van der Waals surface area contributed by atoms with Gasteiger partial charge in [-0.25, -0.2) is 4.99 Å². The smallest absolute Gasteiger partial charge is 0.256 e. The minimum Gasteiger partial charge on any atom is -0.490 e. The first kappa shape index (κ1) is 13.7. The van der Waals surface area contributed by atoms with Crippen molar-refractivity contribution in [3.8, 4) is 11.5 Å². The third-order valence-electron chi connectivity index (χ3n) is 3.26. The number of fused-ring (bicyclic) bond motifs is 1. The van der Waals surface area contributed by atoms with E-state index in [1.807, 2.05) is 32.0 Å². The van der Waals surface area contributed by atoms with E-state index in [4.69, 9.17) is 9.47 Å². The molecule has 1 amide bonds. The second-order valence-corrected chi connectivity index (χ2v) is 5.43. The number of amides is 1. The predicted molar refractivity (Wildman–Crippen MR) is 78.6 cm³/mol. The lowest BCUT2D eigenvalue weighted by Gasteiger charge is -2.10. The quantitative estimate of drug-likeness (QED) is 0.862. The molecule has 0 radical (unpaired) electrons. The van der Waals surface area contributed by atoms with E-state index < -0.39 is 6.04 Å². The molecule has 1 aromatic carbocycles. The molecule has 0 fully saturated rings. The number of guanidine groups is 1. The number of hydrogen-bond acceptors (Lipinski definition) is 5. The molecule has 1 atom stereocenters. The van der Waals surface area contributed by atoms with Gasteiger partial charge in [-0.05, 0) is 31.5 Å². The molecule has 0 spiro atoms. The van der Waals surface area contributed by atoms with Crippen molar-refractivity contribution in [2.45, 2.75) is 32.4 Å². The van der Waals surface area contributed by atoms with Crippen molar-refractivity contribution in [1.29, 1.82) is 0 Å². The summed E-state index contributed by atoms with van der Waals surface area (Å²) in [7, 11) is 0. The molecule has 2 heterocycles. The minimum atomic E-state index is -0.539. The normalized spacial score (nSPS) is 20.8. The van der Waals surface area contributed by atoms with Gasteiger partial charge < -0.3 is 14.8 Å². The van der Waals surface area contributed by atoms with Gasteiger partial charge in [0.15, 0.2) is 23.5 Å². The van der Waals surface area contributed by atoms with E-state index in [1.165, 1.54) is 0 Å². The van der Waals surface area contributed by atoms with E-state index in [9.17, 15) is 4.79 Å². The number of hydrogen-bond donors (Lipinski definition) is 2. The summed E-state index contributed by atoms with van der Waals surface area (Å²) in [6.45, 7) is 5.26. The van der Waals surface area contributed by atoms with Gasteiger partial charge in [0.1, 0.15) is 0 Å². The van der Waals surface area contributed by atoms with Crippen LogP contribution in [-0.2, 0) is 4.79 Å². The summed E-state index contributed by atoms with van der Waals surface area (Å²) in [6, 6.07) is 5.22.